The number of aliphatic hydroxyl groups is 2. The van der Waals surface area contributed by atoms with E-state index in [9.17, 15) is 10.2 Å². The minimum Gasteiger partial charge on any atom is -0.491 e. The van der Waals surface area contributed by atoms with Gasteiger partial charge in [-0.2, -0.15) is 0 Å². The first-order valence-corrected chi connectivity index (χ1v) is 16.7. The molecule has 0 spiro atoms. The Balaban J connectivity index is 0.928. The minimum absolute atomic E-state index is 0.320. The maximum atomic E-state index is 10.6. The van der Waals surface area contributed by atoms with Crippen molar-refractivity contribution in [3.05, 3.63) is 24.3 Å². The molecule has 0 amide bonds. The molecule has 5 rings (SSSR count). The molecule has 6 N–H and O–H groups in total. The number of aliphatic hydroxyl groups excluding tert-OH is 2. The predicted octanol–water partition coefficient (Wildman–Crippen LogP) is -2.60. The molecule has 2 saturated carbocycles. The maximum absolute atomic E-state index is 10.6. The Morgan fingerprint density at radius 2 is 0.900 bits per heavy atom. The molecule has 0 aromatic heterocycles. The summed E-state index contributed by atoms with van der Waals surface area (Å²) in [6.07, 6.45) is 13.2. The van der Waals surface area contributed by atoms with Gasteiger partial charge in [-0.25, -0.2) is 0 Å². The summed E-state index contributed by atoms with van der Waals surface area (Å²) in [6, 6.07) is 9.34. The van der Waals surface area contributed by atoms with Gasteiger partial charge in [-0.15, -0.1) is 0 Å². The number of benzene rings is 1. The van der Waals surface area contributed by atoms with E-state index in [1.807, 2.05) is 24.3 Å². The molecule has 2 heterocycles. The molecular formula is C32H58N4O4+4. The molecule has 8 heteroatoms. The van der Waals surface area contributed by atoms with Crippen LogP contribution in [0, 0.1) is 0 Å². The third-order valence-corrected chi connectivity index (χ3v) is 10.3. The first kappa shape index (κ1) is 30.1. The van der Waals surface area contributed by atoms with Crippen LogP contribution in [0.3, 0.4) is 0 Å². The van der Waals surface area contributed by atoms with E-state index in [4.69, 9.17) is 9.47 Å². The third-order valence-electron chi connectivity index (χ3n) is 10.3. The molecule has 226 valence electrons. The Hall–Kier alpha value is -1.42. The zero-order valence-electron chi connectivity index (χ0n) is 24.9. The highest BCUT2D eigenvalue weighted by Gasteiger charge is 2.32. The number of hydrogen-bond donors (Lipinski definition) is 6. The van der Waals surface area contributed by atoms with Crippen LogP contribution in [0.5, 0.6) is 11.5 Å². The molecule has 2 aliphatic heterocycles. The number of nitrogens with one attached hydrogen (secondary N) is 4. The zero-order chi connectivity index (χ0) is 27.6. The van der Waals surface area contributed by atoms with Gasteiger partial charge < -0.3 is 39.3 Å². The van der Waals surface area contributed by atoms with Crippen LogP contribution in [0.25, 0.3) is 0 Å². The Bertz CT molecular complexity index is 761. The van der Waals surface area contributed by atoms with E-state index in [-0.39, 0.29) is 0 Å². The van der Waals surface area contributed by atoms with Crippen LogP contribution in [0.1, 0.15) is 64.2 Å². The van der Waals surface area contributed by atoms with Crippen molar-refractivity contribution in [2.45, 2.75) is 88.5 Å². The van der Waals surface area contributed by atoms with E-state index in [2.05, 4.69) is 0 Å². The van der Waals surface area contributed by atoms with E-state index in [0.717, 1.165) is 62.9 Å². The highest BCUT2D eigenvalue weighted by Crippen LogP contribution is 2.18. The van der Waals surface area contributed by atoms with Gasteiger partial charge in [0.2, 0.25) is 0 Å². The van der Waals surface area contributed by atoms with Crippen LogP contribution in [-0.4, -0.2) is 113 Å². The quantitative estimate of drug-likeness (QED) is 0.169. The summed E-state index contributed by atoms with van der Waals surface area (Å²) >= 11 is 0. The van der Waals surface area contributed by atoms with E-state index in [0.29, 0.717) is 13.2 Å². The lowest BCUT2D eigenvalue weighted by atomic mass is 9.94. The second-order valence-electron chi connectivity index (χ2n) is 13.3. The Morgan fingerprint density at radius 3 is 1.25 bits per heavy atom. The second kappa shape index (κ2) is 15.7. The van der Waals surface area contributed by atoms with Crippen LogP contribution in [-0.2, 0) is 0 Å². The molecule has 4 fully saturated rings. The van der Waals surface area contributed by atoms with Crippen molar-refractivity contribution in [1.82, 2.24) is 0 Å². The molecule has 1 aromatic carbocycles. The van der Waals surface area contributed by atoms with E-state index >= 15 is 0 Å². The highest BCUT2D eigenvalue weighted by molar-refractivity contribution is 5.31. The van der Waals surface area contributed by atoms with Gasteiger partial charge in [0.05, 0.1) is 12.1 Å². The molecule has 0 bridgehead atoms. The van der Waals surface area contributed by atoms with E-state index < -0.39 is 12.2 Å². The lowest BCUT2D eigenvalue weighted by Gasteiger charge is -2.36. The maximum Gasteiger partial charge on any atom is 0.137 e. The summed E-state index contributed by atoms with van der Waals surface area (Å²) < 4.78 is 11.8. The summed E-state index contributed by atoms with van der Waals surface area (Å²) in [7, 11) is 0. The fraction of sp³-hybridized carbons (Fsp3) is 0.812. The standard InChI is InChI=1S/C32H54N4O4/c37-29(23-33-15-19-35(20-16-33)27-7-3-1-4-8-27)25-39-31-11-13-32(14-12-31)40-26-30(38)24-34-17-21-36(22-18-34)28-9-5-2-6-10-28/h11-14,27-30,37-38H,1-10,15-26H2/p+4/t29-,30-/m1/s1. The van der Waals surface area contributed by atoms with Gasteiger partial charge in [0, 0.05) is 0 Å². The highest BCUT2D eigenvalue weighted by atomic mass is 16.5. The fourth-order valence-electron chi connectivity index (χ4n) is 7.90. The van der Waals surface area contributed by atoms with Crippen molar-refractivity contribution >= 4 is 0 Å². The molecule has 1 aromatic rings. The van der Waals surface area contributed by atoms with Crippen LogP contribution < -0.4 is 29.1 Å². The predicted molar refractivity (Wildman–Crippen MR) is 156 cm³/mol. The van der Waals surface area contributed by atoms with Crippen LogP contribution in [0.2, 0.25) is 0 Å². The first-order valence-electron chi connectivity index (χ1n) is 16.7. The van der Waals surface area contributed by atoms with Gasteiger partial charge in [-0.1, -0.05) is 12.8 Å². The van der Waals surface area contributed by atoms with Crippen molar-refractivity contribution in [2.24, 2.45) is 0 Å². The molecule has 2 aliphatic carbocycles. The Kier molecular flexibility index (Phi) is 11.8. The van der Waals surface area contributed by atoms with E-state index in [1.165, 1.54) is 100 Å². The summed E-state index contributed by atoms with van der Waals surface area (Å²) in [6.45, 7) is 11.7. The Labute approximate surface area is 242 Å². The average Bonchev–Trinajstić information content (AvgIpc) is 3.01. The van der Waals surface area contributed by atoms with Gasteiger partial charge in [0.1, 0.15) is 102 Å². The van der Waals surface area contributed by atoms with Crippen molar-refractivity contribution in [3.8, 4) is 11.5 Å². The minimum atomic E-state index is -0.453. The summed E-state index contributed by atoms with van der Waals surface area (Å²) in [5.41, 5.74) is 0. The molecule has 0 radical (unpaired) electrons. The number of hydrogen-bond acceptors (Lipinski definition) is 4. The third kappa shape index (κ3) is 9.30. The van der Waals surface area contributed by atoms with Gasteiger partial charge in [0.15, 0.2) is 0 Å². The number of ether oxygens (including phenoxy) is 2. The normalized spacial score (nSPS) is 30.4. The summed E-state index contributed by atoms with van der Waals surface area (Å²) in [5.74, 6) is 1.49. The molecule has 40 heavy (non-hydrogen) atoms. The lowest BCUT2D eigenvalue weighted by Crippen LogP contribution is -3.30. The molecule has 0 unspecified atom stereocenters. The molecule has 4 aliphatic rings. The van der Waals surface area contributed by atoms with Gasteiger partial charge in [0.25, 0.3) is 0 Å². The molecule has 8 nitrogen and oxygen atoms in total. The second-order valence-corrected chi connectivity index (χ2v) is 13.3. The average molecular weight is 563 g/mol. The van der Waals surface area contributed by atoms with Crippen LogP contribution in [0.15, 0.2) is 24.3 Å². The smallest absolute Gasteiger partial charge is 0.137 e. The monoisotopic (exact) mass is 562 g/mol. The summed E-state index contributed by atoms with van der Waals surface area (Å²) in [4.78, 5) is 6.62. The SMILES string of the molecule is O[C@@H](COc1ccc(OC[C@H](O)C[NH+]2CC[NH+](C3CCCCC3)CC2)cc1)C[NH+]1CC[NH+](C2CCCCC2)CC1. The van der Waals surface area contributed by atoms with Gasteiger partial charge >= 0.3 is 0 Å². The number of piperazine rings is 2. The van der Waals surface area contributed by atoms with Crippen molar-refractivity contribution in [3.63, 3.8) is 0 Å². The molecule has 2 saturated heterocycles. The van der Waals surface area contributed by atoms with Crippen molar-refractivity contribution in [2.75, 3.05) is 78.7 Å². The van der Waals surface area contributed by atoms with Crippen LogP contribution >= 0.6 is 0 Å². The molecular weight excluding hydrogens is 504 g/mol. The number of rotatable bonds is 12. The number of quaternary nitrogens is 4. The van der Waals surface area contributed by atoms with Crippen molar-refractivity contribution in [1.29, 1.82) is 0 Å². The topological polar surface area (TPSA) is 76.7 Å². The summed E-state index contributed by atoms with van der Waals surface area (Å²) in [5, 5.41) is 21.2. The Morgan fingerprint density at radius 1 is 0.550 bits per heavy atom. The van der Waals surface area contributed by atoms with Gasteiger partial charge in [-0.05, 0) is 75.6 Å². The van der Waals surface area contributed by atoms with E-state index in [1.54, 1.807) is 9.80 Å². The fourth-order valence-corrected chi connectivity index (χ4v) is 7.90. The first-order chi connectivity index (χ1) is 19.6. The molecule has 2 atom stereocenters. The van der Waals surface area contributed by atoms with Crippen LogP contribution in [0.4, 0.5) is 0 Å². The zero-order valence-corrected chi connectivity index (χ0v) is 24.9. The largest absolute Gasteiger partial charge is 0.491 e. The lowest BCUT2D eigenvalue weighted by molar-refractivity contribution is -1.02. The van der Waals surface area contributed by atoms with Crippen molar-refractivity contribution < 1.29 is 39.3 Å². The van der Waals surface area contributed by atoms with Gasteiger partial charge in [-0.3, -0.25) is 0 Å².